The average molecular weight is 226 g/mol. The highest BCUT2D eigenvalue weighted by Gasteiger charge is 2.13. The molecule has 4 heteroatoms. The van der Waals surface area contributed by atoms with Gasteiger partial charge in [0.2, 0.25) is 0 Å². The lowest BCUT2D eigenvalue weighted by atomic mass is 10.1. The lowest BCUT2D eigenvalue weighted by Gasteiger charge is -2.00. The Labute approximate surface area is 99.3 Å². The maximum absolute atomic E-state index is 4.37. The van der Waals surface area contributed by atoms with E-state index in [1.165, 1.54) is 5.56 Å². The molecule has 0 aromatic carbocycles. The fourth-order valence-corrected chi connectivity index (χ4v) is 2.23. The number of aryl methyl sites for hydroxylation is 3. The van der Waals surface area contributed by atoms with Crippen molar-refractivity contribution in [1.82, 2.24) is 19.8 Å². The van der Waals surface area contributed by atoms with E-state index < -0.39 is 0 Å². The molecule has 17 heavy (non-hydrogen) atoms. The minimum Gasteiger partial charge on any atom is -0.282 e. The number of H-pyrrole nitrogens is 1. The van der Waals surface area contributed by atoms with Crippen LogP contribution in [0.4, 0.5) is 0 Å². The van der Waals surface area contributed by atoms with Crippen LogP contribution in [0.5, 0.6) is 0 Å². The summed E-state index contributed by atoms with van der Waals surface area (Å²) in [5.74, 6) is 0. The summed E-state index contributed by atoms with van der Waals surface area (Å²) < 4.78 is 1.90. The molecular weight excluding hydrogens is 212 g/mol. The van der Waals surface area contributed by atoms with Crippen molar-refractivity contribution in [2.24, 2.45) is 0 Å². The molecule has 0 unspecified atom stereocenters. The average Bonchev–Trinajstić information content (AvgIpc) is 2.83. The molecule has 3 aromatic rings. The molecule has 0 radical (unpaired) electrons. The molecule has 1 N–H and O–H groups in total. The summed E-state index contributed by atoms with van der Waals surface area (Å²) >= 11 is 0. The van der Waals surface area contributed by atoms with Gasteiger partial charge in [-0.05, 0) is 38.5 Å². The number of hydrogen-bond donors (Lipinski definition) is 1. The second kappa shape index (κ2) is 3.45. The van der Waals surface area contributed by atoms with Crippen molar-refractivity contribution >= 4 is 5.52 Å². The summed E-state index contributed by atoms with van der Waals surface area (Å²) in [7, 11) is 0. The number of nitrogens with zero attached hydrogens (tertiary/aromatic N) is 3. The highest BCUT2D eigenvalue weighted by Crippen LogP contribution is 2.29. The minimum atomic E-state index is 1.01. The van der Waals surface area contributed by atoms with Gasteiger partial charge in [0.1, 0.15) is 0 Å². The van der Waals surface area contributed by atoms with Crippen molar-refractivity contribution in [3.63, 3.8) is 0 Å². The second-order valence-corrected chi connectivity index (χ2v) is 4.40. The summed E-state index contributed by atoms with van der Waals surface area (Å²) in [5.41, 5.74) is 6.75. The van der Waals surface area contributed by atoms with Gasteiger partial charge in [0.05, 0.1) is 17.4 Å². The summed E-state index contributed by atoms with van der Waals surface area (Å²) in [6, 6.07) is 4.20. The molecule has 0 saturated carbocycles. The molecule has 0 saturated heterocycles. The molecule has 0 aliphatic carbocycles. The third-order valence-electron chi connectivity index (χ3n) is 3.07. The van der Waals surface area contributed by atoms with Crippen molar-refractivity contribution < 1.29 is 0 Å². The quantitative estimate of drug-likeness (QED) is 0.693. The number of hydrogen-bond acceptors (Lipinski definition) is 2. The van der Waals surface area contributed by atoms with Crippen LogP contribution in [0.15, 0.2) is 24.5 Å². The highest BCUT2D eigenvalue weighted by atomic mass is 15.2. The van der Waals surface area contributed by atoms with Crippen molar-refractivity contribution in [2.75, 3.05) is 0 Å². The van der Waals surface area contributed by atoms with E-state index >= 15 is 0 Å². The van der Waals surface area contributed by atoms with Crippen LogP contribution in [-0.2, 0) is 0 Å². The molecule has 0 atom stereocenters. The molecular formula is C13H14N4. The molecule has 86 valence electrons. The third kappa shape index (κ3) is 1.45. The zero-order valence-corrected chi connectivity index (χ0v) is 10.2. The van der Waals surface area contributed by atoms with Gasteiger partial charge in [0, 0.05) is 23.0 Å². The number of aromatic nitrogens is 4. The molecule has 3 heterocycles. The maximum atomic E-state index is 4.37. The van der Waals surface area contributed by atoms with Gasteiger partial charge in [0.25, 0.3) is 0 Å². The van der Waals surface area contributed by atoms with Crippen LogP contribution in [0.1, 0.15) is 17.0 Å². The molecule has 0 bridgehead atoms. The van der Waals surface area contributed by atoms with Gasteiger partial charge in [-0.25, -0.2) is 4.52 Å². The molecule has 0 spiro atoms. The van der Waals surface area contributed by atoms with Crippen LogP contribution in [0.25, 0.3) is 16.6 Å². The summed E-state index contributed by atoms with van der Waals surface area (Å²) in [4.78, 5) is 0. The van der Waals surface area contributed by atoms with Crippen LogP contribution < -0.4 is 0 Å². The van der Waals surface area contributed by atoms with Crippen LogP contribution >= 0.6 is 0 Å². The van der Waals surface area contributed by atoms with Crippen LogP contribution in [0, 0.1) is 20.8 Å². The Balaban J connectivity index is 2.35. The molecule has 0 amide bonds. The van der Waals surface area contributed by atoms with Gasteiger partial charge in [-0.2, -0.15) is 10.2 Å². The minimum absolute atomic E-state index is 1.01. The Kier molecular flexibility index (Phi) is 2.04. The van der Waals surface area contributed by atoms with Gasteiger partial charge in [-0.3, -0.25) is 5.10 Å². The van der Waals surface area contributed by atoms with E-state index in [1.54, 1.807) is 0 Å². The van der Waals surface area contributed by atoms with Crippen LogP contribution in [-0.4, -0.2) is 19.8 Å². The maximum Gasteiger partial charge on any atom is 0.0744 e. The zero-order chi connectivity index (χ0) is 12.0. The van der Waals surface area contributed by atoms with Crippen LogP contribution in [0.2, 0.25) is 0 Å². The predicted octanol–water partition coefficient (Wildman–Crippen LogP) is 2.65. The highest BCUT2D eigenvalue weighted by molar-refractivity contribution is 5.82. The first-order valence-electron chi connectivity index (χ1n) is 5.63. The first kappa shape index (κ1) is 10.1. The van der Waals surface area contributed by atoms with E-state index in [0.717, 1.165) is 28.0 Å². The Morgan fingerprint density at radius 2 is 2.06 bits per heavy atom. The molecule has 0 aliphatic rings. The van der Waals surface area contributed by atoms with Crippen molar-refractivity contribution in [1.29, 1.82) is 0 Å². The zero-order valence-electron chi connectivity index (χ0n) is 10.2. The normalized spacial score (nSPS) is 11.2. The van der Waals surface area contributed by atoms with Gasteiger partial charge < -0.3 is 0 Å². The monoisotopic (exact) mass is 226 g/mol. The Morgan fingerprint density at radius 1 is 1.24 bits per heavy atom. The fraction of sp³-hybridized carbons (Fsp3) is 0.231. The topological polar surface area (TPSA) is 46.0 Å². The fourth-order valence-electron chi connectivity index (χ4n) is 2.23. The Hall–Kier alpha value is -2.10. The Morgan fingerprint density at radius 3 is 2.76 bits per heavy atom. The van der Waals surface area contributed by atoms with Gasteiger partial charge in [0.15, 0.2) is 0 Å². The van der Waals surface area contributed by atoms with Gasteiger partial charge in [-0.15, -0.1) is 0 Å². The van der Waals surface area contributed by atoms with Gasteiger partial charge >= 0.3 is 0 Å². The number of rotatable bonds is 1. The number of fused-ring (bicyclic) bond motifs is 1. The molecule has 3 aromatic heterocycles. The lowest BCUT2D eigenvalue weighted by molar-refractivity contribution is 0.958. The number of aromatic amines is 1. The smallest absolute Gasteiger partial charge is 0.0744 e. The van der Waals surface area contributed by atoms with E-state index in [0.29, 0.717) is 0 Å². The van der Waals surface area contributed by atoms with Gasteiger partial charge in [-0.1, -0.05) is 0 Å². The van der Waals surface area contributed by atoms with Crippen molar-refractivity contribution in [3.8, 4) is 11.1 Å². The summed E-state index contributed by atoms with van der Waals surface area (Å²) in [6.07, 6.45) is 3.89. The number of nitrogens with one attached hydrogen (secondary N) is 1. The molecule has 4 nitrogen and oxygen atoms in total. The van der Waals surface area contributed by atoms with E-state index in [1.807, 2.05) is 30.8 Å². The molecule has 0 aliphatic heterocycles. The largest absolute Gasteiger partial charge is 0.282 e. The molecule has 0 fully saturated rings. The first-order valence-corrected chi connectivity index (χ1v) is 5.63. The molecule has 3 rings (SSSR count). The summed E-state index contributed by atoms with van der Waals surface area (Å²) in [5, 5.41) is 11.6. The second-order valence-electron chi connectivity index (χ2n) is 4.40. The third-order valence-corrected chi connectivity index (χ3v) is 3.07. The van der Waals surface area contributed by atoms with E-state index in [9.17, 15) is 0 Å². The lowest BCUT2D eigenvalue weighted by Crippen LogP contribution is -1.87. The van der Waals surface area contributed by atoms with Crippen molar-refractivity contribution in [3.05, 3.63) is 41.5 Å². The standard InChI is InChI=1S/C13H14N4/c1-8-4-5-17-12(6-8)11(7-14-17)13-9(2)15-16-10(13)3/h4-7H,1-3H3,(H,15,16). The van der Waals surface area contributed by atoms with Crippen molar-refractivity contribution in [2.45, 2.75) is 20.8 Å². The predicted molar refractivity (Wildman–Crippen MR) is 67.0 cm³/mol. The SMILES string of the molecule is Cc1ccn2ncc(-c3c(C)n[nH]c3C)c2c1. The van der Waals surface area contributed by atoms with E-state index in [-0.39, 0.29) is 0 Å². The van der Waals surface area contributed by atoms with E-state index in [4.69, 9.17) is 0 Å². The number of pyridine rings is 1. The first-order chi connectivity index (χ1) is 8.16. The Bertz CT molecular complexity index is 671. The van der Waals surface area contributed by atoms with Crippen LogP contribution in [0.3, 0.4) is 0 Å². The summed E-state index contributed by atoms with van der Waals surface area (Å²) in [6.45, 7) is 6.14. The van der Waals surface area contributed by atoms with E-state index in [2.05, 4.69) is 34.4 Å².